The van der Waals surface area contributed by atoms with Crippen molar-refractivity contribution in [3.8, 4) is 0 Å². The number of aromatic amines is 2. The lowest BCUT2D eigenvalue weighted by Gasteiger charge is -1.96. The summed E-state index contributed by atoms with van der Waals surface area (Å²) in [5, 5.41) is 10.8. The fourth-order valence-corrected chi connectivity index (χ4v) is 1.47. The van der Waals surface area contributed by atoms with Gasteiger partial charge in [0.25, 0.3) is 0 Å². The molecule has 2 N–H and O–H groups in total. The number of H-pyrrole nitrogens is 2. The molecule has 0 atom stereocenters. The second-order valence-corrected chi connectivity index (χ2v) is 3.66. The average molecular weight is 275 g/mol. The zero-order chi connectivity index (χ0) is 15.1. The molecule has 0 fully saturated rings. The van der Waals surface area contributed by atoms with Crippen molar-refractivity contribution in [1.82, 2.24) is 9.97 Å². The fraction of sp³-hybridized carbons (Fsp3) is 0.0769. The highest BCUT2D eigenvalue weighted by atomic mass is 16.6. The summed E-state index contributed by atoms with van der Waals surface area (Å²) in [7, 11) is 0. The summed E-state index contributed by atoms with van der Waals surface area (Å²) >= 11 is 0. The Balaban J connectivity index is 3.37. The molecule has 0 aromatic carbocycles. The largest absolute Gasteiger partial charge is 0.357 e. The van der Waals surface area contributed by atoms with Gasteiger partial charge in [-0.1, -0.05) is 37.0 Å². The van der Waals surface area contributed by atoms with Crippen molar-refractivity contribution < 1.29 is 4.92 Å². The van der Waals surface area contributed by atoms with Crippen LogP contribution in [0.4, 0.5) is 5.69 Å². The van der Waals surface area contributed by atoms with Gasteiger partial charge in [0.15, 0.2) is 0 Å². The number of nitrogens with zero attached hydrogens (tertiary/aromatic N) is 1. The number of allylic oxidation sites excluding steroid dienone is 6. The summed E-state index contributed by atoms with van der Waals surface area (Å²) < 4.78 is 0. The van der Waals surface area contributed by atoms with E-state index in [1.807, 2.05) is 11.9 Å². The van der Waals surface area contributed by atoms with Crippen LogP contribution in [0, 0.1) is 10.1 Å². The van der Waals surface area contributed by atoms with Crippen molar-refractivity contribution in [3.63, 3.8) is 0 Å². The Hall–Kier alpha value is -2.96. The zero-order valence-electron chi connectivity index (χ0n) is 10.8. The van der Waals surface area contributed by atoms with Crippen molar-refractivity contribution in [2.45, 2.75) is 6.92 Å². The molecule has 0 unspecified atom stereocenters. The van der Waals surface area contributed by atoms with Gasteiger partial charge < -0.3 is 4.98 Å². The normalized spacial score (nSPS) is 12.2. The van der Waals surface area contributed by atoms with Crippen molar-refractivity contribution in [2.75, 3.05) is 0 Å². The molecule has 1 aromatic rings. The highest BCUT2D eigenvalue weighted by molar-refractivity contribution is 5.59. The van der Waals surface area contributed by atoms with E-state index in [0.717, 1.165) is 0 Å². The molecule has 104 valence electrons. The van der Waals surface area contributed by atoms with Crippen LogP contribution in [0.3, 0.4) is 0 Å². The third-order valence-electron chi connectivity index (χ3n) is 2.24. The van der Waals surface area contributed by atoms with E-state index in [9.17, 15) is 19.7 Å². The summed E-state index contributed by atoms with van der Waals surface area (Å²) in [4.78, 5) is 36.6. The maximum absolute atomic E-state index is 11.4. The van der Waals surface area contributed by atoms with E-state index < -0.39 is 21.9 Å². The van der Waals surface area contributed by atoms with E-state index in [2.05, 4.69) is 11.6 Å². The van der Waals surface area contributed by atoms with Crippen molar-refractivity contribution in [2.24, 2.45) is 0 Å². The molecule has 0 amide bonds. The Morgan fingerprint density at radius 1 is 1.30 bits per heavy atom. The first-order valence-corrected chi connectivity index (χ1v) is 5.64. The van der Waals surface area contributed by atoms with Crippen LogP contribution in [0.5, 0.6) is 0 Å². The van der Waals surface area contributed by atoms with Crippen LogP contribution in [0.2, 0.25) is 0 Å². The minimum atomic E-state index is -1.04. The summed E-state index contributed by atoms with van der Waals surface area (Å²) in [5.74, 6) is 0. The van der Waals surface area contributed by atoms with Crippen LogP contribution >= 0.6 is 0 Å². The fourth-order valence-electron chi connectivity index (χ4n) is 1.47. The summed E-state index contributed by atoms with van der Waals surface area (Å²) in [6, 6.07) is 0. The number of nitro groups is 1. The molecular weight excluding hydrogens is 262 g/mol. The molecule has 0 spiro atoms. The lowest BCUT2D eigenvalue weighted by Crippen LogP contribution is -2.25. The number of aromatic nitrogens is 2. The van der Waals surface area contributed by atoms with Gasteiger partial charge in [-0.3, -0.25) is 19.9 Å². The van der Waals surface area contributed by atoms with E-state index in [4.69, 9.17) is 0 Å². The van der Waals surface area contributed by atoms with Crippen LogP contribution in [-0.2, 0) is 0 Å². The first-order chi connectivity index (χ1) is 9.49. The molecule has 0 aliphatic heterocycles. The third-order valence-corrected chi connectivity index (χ3v) is 2.24. The van der Waals surface area contributed by atoms with E-state index in [1.165, 1.54) is 12.2 Å². The molecule has 0 saturated heterocycles. The zero-order valence-corrected chi connectivity index (χ0v) is 10.8. The predicted octanol–water partition coefficient (Wildman–Crippen LogP) is 1.67. The van der Waals surface area contributed by atoms with E-state index >= 15 is 0 Å². The molecule has 0 aliphatic carbocycles. The molecule has 20 heavy (non-hydrogen) atoms. The van der Waals surface area contributed by atoms with Crippen LogP contribution in [0.25, 0.3) is 6.08 Å². The first kappa shape index (κ1) is 15.1. The molecule has 0 saturated carbocycles. The quantitative estimate of drug-likeness (QED) is 0.484. The van der Waals surface area contributed by atoms with Gasteiger partial charge in [-0.15, -0.1) is 0 Å². The standard InChI is InChI=1S/C13H13N3O4/c1-3-5-9(6-4-2)7-8-10-11(16(19)20)12(17)15-13(18)14-10/h3-8H,1H2,2H3,(H2,14,15,17,18)/b6-4-,8-7-,9-5+. The Morgan fingerprint density at radius 2 is 2.00 bits per heavy atom. The molecule has 1 rings (SSSR count). The van der Waals surface area contributed by atoms with Gasteiger partial charge in [-0.2, -0.15) is 0 Å². The molecule has 0 radical (unpaired) electrons. The van der Waals surface area contributed by atoms with Crippen LogP contribution in [0.1, 0.15) is 12.6 Å². The summed E-state index contributed by atoms with van der Waals surface area (Å²) in [5.41, 5.74) is -2.01. The van der Waals surface area contributed by atoms with Gasteiger partial charge in [-0.05, 0) is 18.6 Å². The molecule has 1 heterocycles. The highest BCUT2D eigenvalue weighted by Crippen LogP contribution is 2.11. The third kappa shape index (κ3) is 3.77. The van der Waals surface area contributed by atoms with Gasteiger partial charge >= 0.3 is 16.9 Å². The minimum Gasteiger partial charge on any atom is -0.301 e. The maximum Gasteiger partial charge on any atom is 0.357 e. The van der Waals surface area contributed by atoms with E-state index in [0.29, 0.717) is 5.57 Å². The topological polar surface area (TPSA) is 109 Å². The SMILES string of the molecule is C=C/C=C(\C=C/C)/C=C\c1[nH]c(=O)[nH]c(=O)c1[N+](=O)[O-]. The van der Waals surface area contributed by atoms with Crippen molar-refractivity contribution in [3.05, 3.63) is 79.2 Å². The molecule has 7 heteroatoms. The Labute approximate surface area is 113 Å². The average Bonchev–Trinajstić information content (AvgIpc) is 2.35. The van der Waals surface area contributed by atoms with Gasteiger partial charge in [-0.25, -0.2) is 4.79 Å². The summed E-state index contributed by atoms with van der Waals surface area (Å²) in [6.07, 6.45) is 9.57. The van der Waals surface area contributed by atoms with Crippen LogP contribution in [0.15, 0.2) is 52.1 Å². The maximum atomic E-state index is 11.4. The van der Waals surface area contributed by atoms with Crippen LogP contribution in [-0.4, -0.2) is 14.9 Å². The van der Waals surface area contributed by atoms with Gasteiger partial charge in [0.05, 0.1) is 4.92 Å². The monoisotopic (exact) mass is 275 g/mol. The van der Waals surface area contributed by atoms with E-state index in [-0.39, 0.29) is 5.69 Å². The van der Waals surface area contributed by atoms with Crippen molar-refractivity contribution in [1.29, 1.82) is 0 Å². The number of rotatable bonds is 5. The van der Waals surface area contributed by atoms with E-state index in [1.54, 1.807) is 24.3 Å². The lowest BCUT2D eigenvalue weighted by molar-refractivity contribution is -0.386. The lowest BCUT2D eigenvalue weighted by atomic mass is 10.2. The number of nitrogens with one attached hydrogen (secondary N) is 2. The number of hydrogen-bond acceptors (Lipinski definition) is 4. The second-order valence-electron chi connectivity index (χ2n) is 3.66. The molecule has 0 aliphatic rings. The van der Waals surface area contributed by atoms with Gasteiger partial charge in [0.2, 0.25) is 0 Å². The Kier molecular flexibility index (Phi) is 5.16. The first-order valence-electron chi connectivity index (χ1n) is 5.64. The molecule has 0 bridgehead atoms. The number of hydrogen-bond donors (Lipinski definition) is 2. The predicted molar refractivity (Wildman–Crippen MR) is 76.5 cm³/mol. The van der Waals surface area contributed by atoms with Crippen molar-refractivity contribution >= 4 is 11.8 Å². The van der Waals surface area contributed by atoms with Gasteiger partial charge in [0.1, 0.15) is 5.69 Å². The summed E-state index contributed by atoms with van der Waals surface area (Å²) in [6.45, 7) is 5.35. The molecular formula is C13H13N3O4. The van der Waals surface area contributed by atoms with Gasteiger partial charge in [0, 0.05) is 0 Å². The molecule has 1 aromatic heterocycles. The second kappa shape index (κ2) is 6.83. The Morgan fingerprint density at radius 3 is 2.55 bits per heavy atom. The Bertz CT molecular complexity index is 720. The molecule has 7 nitrogen and oxygen atoms in total. The highest BCUT2D eigenvalue weighted by Gasteiger charge is 2.18. The minimum absolute atomic E-state index is 0.164. The smallest absolute Gasteiger partial charge is 0.301 e. The van der Waals surface area contributed by atoms with Crippen LogP contribution < -0.4 is 11.2 Å².